The van der Waals surface area contributed by atoms with Crippen molar-refractivity contribution in [2.24, 2.45) is 0 Å². The molecule has 0 fully saturated rings. The number of ether oxygens (including phenoxy) is 3. The highest BCUT2D eigenvalue weighted by Gasteiger charge is 2.31. The van der Waals surface area contributed by atoms with Crippen molar-refractivity contribution in [2.45, 2.75) is 24.9 Å². The van der Waals surface area contributed by atoms with Gasteiger partial charge in [0.15, 0.2) is 23.1 Å². The van der Waals surface area contributed by atoms with Gasteiger partial charge >= 0.3 is 6.03 Å². The molecule has 0 heterocycles. The van der Waals surface area contributed by atoms with E-state index in [2.05, 4.69) is 10.0 Å². The third-order valence-electron chi connectivity index (χ3n) is 7.97. The SMILES string of the molecule is COc1ccc(N(C)COC[C@H](Cc2cc(F)cc(F)c2)NC(=O)NS(O)(O)N[C@@H](Cc2cc(F)cc(F)c2)C(=O)N(C)c2ccc(OC)c(F)c2)cc1F. The second-order valence-electron chi connectivity index (χ2n) is 12.2. The van der Waals surface area contributed by atoms with Gasteiger partial charge in [0, 0.05) is 49.7 Å². The molecule has 55 heavy (non-hydrogen) atoms. The monoisotopic (exact) mass is 799 g/mol. The molecule has 0 aromatic heterocycles. The van der Waals surface area contributed by atoms with Crippen molar-refractivity contribution < 1.29 is 59.2 Å². The number of halogens is 6. The van der Waals surface area contributed by atoms with Crippen LogP contribution in [0.2, 0.25) is 0 Å². The molecule has 3 amide bonds. The Morgan fingerprint density at radius 1 is 0.727 bits per heavy atom. The molecular weight excluding hydrogens is 760 g/mol. The van der Waals surface area contributed by atoms with Crippen molar-refractivity contribution in [3.63, 3.8) is 0 Å². The highest BCUT2D eigenvalue weighted by Crippen LogP contribution is 2.31. The first-order valence-corrected chi connectivity index (χ1v) is 17.8. The first-order valence-electron chi connectivity index (χ1n) is 16.2. The summed E-state index contributed by atoms with van der Waals surface area (Å²) in [5.74, 6) is -6.23. The maximum Gasteiger partial charge on any atom is 0.334 e. The molecule has 19 heteroatoms. The maximum atomic E-state index is 14.5. The Morgan fingerprint density at radius 3 is 1.73 bits per heavy atom. The van der Waals surface area contributed by atoms with Crippen LogP contribution in [0.15, 0.2) is 72.8 Å². The number of likely N-dealkylation sites (N-methyl/N-ethyl adjacent to an activating group) is 1. The second-order valence-corrected chi connectivity index (χ2v) is 13.7. The Labute approximate surface area is 314 Å². The number of hydrogen-bond acceptors (Lipinski definition) is 9. The normalized spacial score (nSPS) is 12.7. The smallest absolute Gasteiger partial charge is 0.334 e. The average molecular weight is 800 g/mol. The standard InChI is InChI=1S/C36H39F6N5O7S/c1-46(28-5-7-33(52-3)30(41)17-28)20-54-19-27(13-21-9-23(37)15-24(38)10-21)43-36(49)45-55(50,51)44-32(14-22-11-25(39)16-26(40)12-22)35(48)47(2)29-6-8-34(53-4)31(42)18-29/h5-12,15-18,27,32,44,50-51H,13-14,19-20H2,1-4H3,(H2,43,45,49)/t27-,32-/m0/s1. The van der Waals surface area contributed by atoms with E-state index in [0.29, 0.717) is 17.8 Å². The summed E-state index contributed by atoms with van der Waals surface area (Å²) >= 11 is 0. The summed E-state index contributed by atoms with van der Waals surface area (Å²) in [4.78, 5) is 29.3. The van der Waals surface area contributed by atoms with Gasteiger partial charge in [-0.1, -0.05) is 11.0 Å². The number of benzene rings is 4. The number of amides is 3. The molecule has 0 saturated heterocycles. The number of rotatable bonds is 17. The van der Waals surface area contributed by atoms with Gasteiger partial charge < -0.3 is 29.3 Å². The molecule has 0 aliphatic rings. The van der Waals surface area contributed by atoms with Crippen LogP contribution in [0.5, 0.6) is 11.5 Å². The van der Waals surface area contributed by atoms with Crippen LogP contribution in [0.4, 0.5) is 42.5 Å². The van der Waals surface area contributed by atoms with Gasteiger partial charge in [0.25, 0.3) is 0 Å². The van der Waals surface area contributed by atoms with Gasteiger partial charge in [0.1, 0.15) is 36.0 Å². The van der Waals surface area contributed by atoms with Crippen LogP contribution in [0.3, 0.4) is 0 Å². The van der Waals surface area contributed by atoms with Crippen molar-refractivity contribution in [3.8, 4) is 11.5 Å². The molecular formula is C36H39F6N5O7S. The fourth-order valence-corrected chi connectivity index (χ4v) is 6.36. The number of hydrogen-bond donors (Lipinski definition) is 5. The van der Waals surface area contributed by atoms with Crippen LogP contribution in [-0.4, -0.2) is 74.8 Å². The maximum absolute atomic E-state index is 14.5. The Morgan fingerprint density at radius 2 is 1.22 bits per heavy atom. The van der Waals surface area contributed by atoms with Crippen molar-refractivity contribution in [2.75, 3.05) is 51.5 Å². The van der Waals surface area contributed by atoms with E-state index < -0.39 is 76.3 Å². The molecule has 0 radical (unpaired) electrons. The lowest BCUT2D eigenvalue weighted by atomic mass is 10.0. The van der Waals surface area contributed by atoms with E-state index in [1.807, 2.05) is 4.72 Å². The molecule has 4 aromatic rings. The third-order valence-corrected chi connectivity index (χ3v) is 9.06. The highest BCUT2D eigenvalue weighted by atomic mass is 32.3. The van der Waals surface area contributed by atoms with Crippen LogP contribution in [0.25, 0.3) is 0 Å². The minimum Gasteiger partial charge on any atom is -0.494 e. The van der Waals surface area contributed by atoms with Crippen molar-refractivity contribution in [3.05, 3.63) is 119 Å². The van der Waals surface area contributed by atoms with Gasteiger partial charge in [-0.15, -0.1) is 0 Å². The van der Waals surface area contributed by atoms with Crippen LogP contribution in [-0.2, 0) is 22.4 Å². The molecule has 4 aromatic carbocycles. The number of methoxy groups -OCH3 is 2. The lowest BCUT2D eigenvalue weighted by molar-refractivity contribution is -0.120. The minimum atomic E-state index is -4.47. The zero-order valence-electron chi connectivity index (χ0n) is 29.9. The van der Waals surface area contributed by atoms with Crippen molar-refractivity contribution in [1.82, 2.24) is 14.8 Å². The summed E-state index contributed by atoms with van der Waals surface area (Å²) < 4.78 is 126. The van der Waals surface area contributed by atoms with Crippen LogP contribution < -0.4 is 34.0 Å². The molecule has 0 aliphatic carbocycles. The molecule has 0 unspecified atom stereocenters. The van der Waals surface area contributed by atoms with Crippen molar-refractivity contribution in [1.29, 1.82) is 0 Å². The predicted octanol–water partition coefficient (Wildman–Crippen LogP) is 6.30. The number of carbonyl (C=O) groups excluding carboxylic acids is 2. The first-order chi connectivity index (χ1) is 26.0. The summed E-state index contributed by atoms with van der Waals surface area (Å²) in [6.45, 7) is -0.466. The fraction of sp³-hybridized carbons (Fsp3) is 0.278. The molecule has 4 rings (SSSR count). The van der Waals surface area contributed by atoms with Gasteiger partial charge in [-0.2, -0.15) is 4.72 Å². The van der Waals surface area contributed by atoms with Gasteiger partial charge in [-0.3, -0.25) is 13.9 Å². The molecule has 0 bridgehead atoms. The summed E-state index contributed by atoms with van der Waals surface area (Å²) in [7, 11) is 0.898. The second kappa shape index (κ2) is 18.9. The van der Waals surface area contributed by atoms with E-state index in [-0.39, 0.29) is 48.1 Å². The van der Waals surface area contributed by atoms with Crippen LogP contribution in [0.1, 0.15) is 11.1 Å². The summed E-state index contributed by atoms with van der Waals surface area (Å²) in [5.41, 5.74) is 0.426. The van der Waals surface area contributed by atoms with Crippen LogP contribution in [0, 0.1) is 34.9 Å². The highest BCUT2D eigenvalue weighted by molar-refractivity contribution is 8.21. The summed E-state index contributed by atoms with van der Waals surface area (Å²) in [5, 5.41) is 2.43. The lowest BCUT2D eigenvalue weighted by Crippen LogP contribution is -2.53. The molecule has 2 atom stereocenters. The summed E-state index contributed by atoms with van der Waals surface area (Å²) in [6, 6.07) is 8.84. The Bertz CT molecular complexity index is 1940. The van der Waals surface area contributed by atoms with Crippen molar-refractivity contribution >= 4 is 34.3 Å². The largest absolute Gasteiger partial charge is 0.494 e. The molecule has 298 valence electrons. The zero-order chi connectivity index (χ0) is 40.4. The van der Waals surface area contributed by atoms with E-state index in [0.717, 1.165) is 35.2 Å². The molecule has 0 saturated carbocycles. The van der Waals surface area contributed by atoms with E-state index >= 15 is 0 Å². The third kappa shape index (κ3) is 12.4. The number of nitrogens with one attached hydrogen (secondary N) is 3. The lowest BCUT2D eigenvalue weighted by Gasteiger charge is -2.37. The molecule has 5 N–H and O–H groups in total. The molecule has 12 nitrogen and oxygen atoms in total. The van der Waals surface area contributed by atoms with E-state index in [1.165, 1.54) is 50.4 Å². The quantitative estimate of drug-likeness (QED) is 0.0614. The predicted molar refractivity (Wildman–Crippen MR) is 194 cm³/mol. The Balaban J connectivity index is 1.51. The number of anilines is 2. The Kier molecular flexibility index (Phi) is 14.6. The number of urea groups is 1. The van der Waals surface area contributed by atoms with Gasteiger partial charge in [-0.05, 0) is 72.5 Å². The van der Waals surface area contributed by atoms with Gasteiger partial charge in [0.05, 0.1) is 26.9 Å². The minimum absolute atomic E-state index is 0.00195. The molecule has 0 spiro atoms. The van der Waals surface area contributed by atoms with Gasteiger partial charge in [0.2, 0.25) is 5.91 Å². The Hall–Kier alpha value is -5.21. The topological polar surface area (TPSA) is 145 Å². The molecule has 0 aliphatic heterocycles. The fourth-order valence-electron chi connectivity index (χ4n) is 5.40. The summed E-state index contributed by atoms with van der Waals surface area (Å²) in [6.07, 6.45) is -0.756. The van der Waals surface area contributed by atoms with E-state index in [1.54, 1.807) is 13.1 Å². The van der Waals surface area contributed by atoms with Gasteiger partial charge in [-0.25, -0.2) is 35.9 Å². The van der Waals surface area contributed by atoms with E-state index in [4.69, 9.17) is 14.2 Å². The zero-order valence-corrected chi connectivity index (χ0v) is 30.7. The number of carbonyl (C=O) groups is 2. The first kappa shape index (κ1) is 42.5. The number of nitrogens with zero attached hydrogens (tertiary/aromatic N) is 2. The average Bonchev–Trinajstić information content (AvgIpc) is 3.09. The van der Waals surface area contributed by atoms with E-state index in [9.17, 15) is 45.0 Å². The van der Waals surface area contributed by atoms with Crippen LogP contribution >= 0.6 is 11.0 Å².